The molecule has 90 valence electrons. The zero-order chi connectivity index (χ0) is 12.4. The number of nitrogens with one attached hydrogen (secondary N) is 1. The van der Waals surface area contributed by atoms with Gasteiger partial charge in [0.05, 0.1) is 0 Å². The van der Waals surface area contributed by atoms with E-state index in [9.17, 15) is 0 Å². The molecule has 0 saturated carbocycles. The van der Waals surface area contributed by atoms with Gasteiger partial charge in [-0.15, -0.1) is 0 Å². The summed E-state index contributed by atoms with van der Waals surface area (Å²) < 4.78 is 2.27. The van der Waals surface area contributed by atoms with Gasteiger partial charge < -0.3 is 9.88 Å². The number of para-hydroxylation sites is 1. The molecule has 0 amide bonds. The van der Waals surface area contributed by atoms with Crippen molar-refractivity contribution in [3.05, 3.63) is 47.7 Å². The van der Waals surface area contributed by atoms with Crippen molar-refractivity contribution in [2.75, 3.05) is 6.54 Å². The lowest BCUT2D eigenvalue weighted by molar-refractivity contribution is 0.692. The number of hydrogen-bond donors (Lipinski definition) is 1. The van der Waals surface area contributed by atoms with Crippen molar-refractivity contribution in [1.29, 1.82) is 0 Å². The van der Waals surface area contributed by atoms with Crippen molar-refractivity contribution in [1.82, 2.24) is 9.88 Å². The summed E-state index contributed by atoms with van der Waals surface area (Å²) in [6.45, 7) is 9.91. The van der Waals surface area contributed by atoms with Gasteiger partial charge in [0.1, 0.15) is 0 Å². The predicted molar refractivity (Wildman–Crippen MR) is 74.2 cm³/mol. The third kappa shape index (κ3) is 2.27. The van der Waals surface area contributed by atoms with Crippen molar-refractivity contribution in [2.45, 2.75) is 20.4 Å². The minimum absolute atomic E-state index is 0.876. The maximum absolute atomic E-state index is 3.90. The average molecular weight is 228 g/mol. The van der Waals surface area contributed by atoms with E-state index in [-0.39, 0.29) is 0 Å². The van der Waals surface area contributed by atoms with Crippen molar-refractivity contribution in [3.8, 4) is 0 Å². The van der Waals surface area contributed by atoms with Gasteiger partial charge in [-0.25, -0.2) is 0 Å². The molecule has 2 heteroatoms. The highest BCUT2D eigenvalue weighted by Gasteiger charge is 2.10. The normalized spacial score (nSPS) is 11.0. The van der Waals surface area contributed by atoms with Crippen LogP contribution in [0.1, 0.15) is 18.2 Å². The van der Waals surface area contributed by atoms with E-state index in [0.717, 1.165) is 13.1 Å². The Morgan fingerprint density at radius 2 is 2.06 bits per heavy atom. The van der Waals surface area contributed by atoms with Gasteiger partial charge in [0.25, 0.3) is 0 Å². The Bertz CT molecular complexity index is 510. The van der Waals surface area contributed by atoms with Gasteiger partial charge in [0, 0.05) is 36.7 Å². The highest BCUT2D eigenvalue weighted by atomic mass is 15.0. The van der Waals surface area contributed by atoms with Gasteiger partial charge in [-0.2, -0.15) is 0 Å². The summed E-state index contributed by atoms with van der Waals surface area (Å²) >= 11 is 0. The number of aromatic nitrogens is 1. The fourth-order valence-corrected chi connectivity index (χ4v) is 2.28. The van der Waals surface area contributed by atoms with Crippen LogP contribution in [0.4, 0.5) is 0 Å². The molecule has 2 aromatic rings. The maximum Gasteiger partial charge on any atom is 0.0483 e. The van der Waals surface area contributed by atoms with Crippen LogP contribution in [0.25, 0.3) is 10.9 Å². The van der Waals surface area contributed by atoms with Gasteiger partial charge >= 0.3 is 0 Å². The molecule has 2 nitrogen and oxygen atoms in total. The molecular weight excluding hydrogens is 208 g/mol. The second kappa shape index (κ2) is 4.76. The van der Waals surface area contributed by atoms with E-state index in [4.69, 9.17) is 0 Å². The Kier molecular flexibility index (Phi) is 3.34. The molecule has 0 aliphatic carbocycles. The van der Waals surface area contributed by atoms with Crippen LogP contribution in [0, 0.1) is 6.92 Å². The van der Waals surface area contributed by atoms with E-state index < -0.39 is 0 Å². The van der Waals surface area contributed by atoms with Gasteiger partial charge in [-0.05, 0) is 25.5 Å². The molecule has 0 aliphatic rings. The quantitative estimate of drug-likeness (QED) is 0.795. The van der Waals surface area contributed by atoms with Crippen LogP contribution in [0.2, 0.25) is 0 Å². The fourth-order valence-electron chi connectivity index (χ4n) is 2.28. The van der Waals surface area contributed by atoms with Gasteiger partial charge in [0.2, 0.25) is 0 Å². The first-order valence-corrected chi connectivity index (χ1v) is 5.99. The smallest absolute Gasteiger partial charge is 0.0483 e. The Balaban J connectivity index is 2.31. The highest BCUT2D eigenvalue weighted by Crippen LogP contribution is 2.24. The Morgan fingerprint density at radius 1 is 1.35 bits per heavy atom. The molecule has 0 saturated heterocycles. The first kappa shape index (κ1) is 11.9. The summed E-state index contributed by atoms with van der Waals surface area (Å²) in [7, 11) is 2.13. The molecule has 1 N–H and O–H groups in total. The van der Waals surface area contributed by atoms with Crippen LogP contribution in [-0.4, -0.2) is 11.1 Å². The molecule has 1 aromatic heterocycles. The third-order valence-corrected chi connectivity index (χ3v) is 3.23. The van der Waals surface area contributed by atoms with Gasteiger partial charge in [-0.1, -0.05) is 30.4 Å². The summed E-state index contributed by atoms with van der Waals surface area (Å²) in [5.41, 5.74) is 5.20. The number of aryl methyl sites for hydroxylation is 2. The molecule has 0 atom stereocenters. The third-order valence-electron chi connectivity index (χ3n) is 3.23. The number of fused-ring (bicyclic) bond motifs is 1. The summed E-state index contributed by atoms with van der Waals surface area (Å²) in [6, 6.07) is 8.55. The maximum atomic E-state index is 3.90. The molecule has 0 aliphatic heterocycles. The molecular formula is C15H20N2. The highest BCUT2D eigenvalue weighted by molar-refractivity contribution is 5.85. The molecule has 0 unspecified atom stereocenters. The van der Waals surface area contributed by atoms with E-state index in [1.807, 2.05) is 6.92 Å². The lowest BCUT2D eigenvalue weighted by atomic mass is 10.1. The molecule has 0 spiro atoms. The van der Waals surface area contributed by atoms with Crippen LogP contribution in [0.5, 0.6) is 0 Å². The van der Waals surface area contributed by atoms with Crippen LogP contribution >= 0.6 is 0 Å². The SMILES string of the molecule is C=C(C)CNCc1c(C)c2ccccc2n1C. The molecule has 0 bridgehead atoms. The van der Waals surface area contributed by atoms with E-state index in [2.05, 4.69) is 54.7 Å². The average Bonchev–Trinajstić information content (AvgIpc) is 2.54. The first-order chi connectivity index (χ1) is 8.11. The van der Waals surface area contributed by atoms with Crippen LogP contribution < -0.4 is 5.32 Å². The molecule has 1 aromatic carbocycles. The van der Waals surface area contributed by atoms with E-state index >= 15 is 0 Å². The fraction of sp³-hybridized carbons (Fsp3) is 0.333. The topological polar surface area (TPSA) is 17.0 Å². The molecule has 0 fully saturated rings. The second-order valence-electron chi connectivity index (χ2n) is 4.71. The summed E-state index contributed by atoms with van der Waals surface area (Å²) in [6.07, 6.45) is 0. The summed E-state index contributed by atoms with van der Waals surface area (Å²) in [5, 5.41) is 4.77. The van der Waals surface area contributed by atoms with Crippen molar-refractivity contribution < 1.29 is 0 Å². The summed E-state index contributed by atoms with van der Waals surface area (Å²) in [4.78, 5) is 0. The number of benzene rings is 1. The monoisotopic (exact) mass is 228 g/mol. The Hall–Kier alpha value is -1.54. The number of rotatable bonds is 4. The van der Waals surface area contributed by atoms with Gasteiger partial charge in [0.15, 0.2) is 0 Å². The summed E-state index contributed by atoms with van der Waals surface area (Å²) in [5.74, 6) is 0. The van der Waals surface area contributed by atoms with Crippen LogP contribution in [-0.2, 0) is 13.6 Å². The standard InChI is InChI=1S/C15H20N2/c1-11(2)9-16-10-15-12(3)13-7-5-6-8-14(13)17(15)4/h5-8,16H,1,9-10H2,2-4H3. The van der Waals surface area contributed by atoms with Gasteiger partial charge in [-0.3, -0.25) is 0 Å². The second-order valence-corrected chi connectivity index (χ2v) is 4.71. The zero-order valence-corrected chi connectivity index (χ0v) is 10.9. The van der Waals surface area contributed by atoms with Crippen LogP contribution in [0.3, 0.4) is 0 Å². The van der Waals surface area contributed by atoms with E-state index in [1.165, 1.54) is 27.7 Å². The molecule has 1 heterocycles. The zero-order valence-electron chi connectivity index (χ0n) is 10.9. The largest absolute Gasteiger partial charge is 0.346 e. The van der Waals surface area contributed by atoms with Crippen molar-refractivity contribution in [3.63, 3.8) is 0 Å². The van der Waals surface area contributed by atoms with Crippen molar-refractivity contribution >= 4 is 10.9 Å². The lowest BCUT2D eigenvalue weighted by Gasteiger charge is -2.07. The molecule has 0 radical (unpaired) electrons. The first-order valence-electron chi connectivity index (χ1n) is 5.99. The minimum atomic E-state index is 0.876. The Morgan fingerprint density at radius 3 is 2.71 bits per heavy atom. The van der Waals surface area contributed by atoms with E-state index in [1.54, 1.807) is 0 Å². The molecule has 2 rings (SSSR count). The van der Waals surface area contributed by atoms with E-state index in [0.29, 0.717) is 0 Å². The molecule has 17 heavy (non-hydrogen) atoms. The van der Waals surface area contributed by atoms with Crippen molar-refractivity contribution in [2.24, 2.45) is 7.05 Å². The number of nitrogens with zero attached hydrogens (tertiary/aromatic N) is 1. The van der Waals surface area contributed by atoms with Crippen LogP contribution in [0.15, 0.2) is 36.4 Å². The Labute approximate surface area is 103 Å². The minimum Gasteiger partial charge on any atom is -0.346 e. The lowest BCUT2D eigenvalue weighted by Crippen LogP contribution is -2.17. The number of hydrogen-bond acceptors (Lipinski definition) is 1. The predicted octanol–water partition coefficient (Wildman–Crippen LogP) is 3.15.